The Hall–Kier alpha value is -0.980. The standard InChI is InChI=1S/C16H23BrN2O3.ClH/c1-10-6-12(4-5-18-10)16(20)19-9-11-7-13(17)15(22-3)14(8-11)21-2;/h7-8,10,12,18H,4-6,9H2,1-3H3,(H,19,20);1H/t10-,12-;/m0./s1. The van der Waals surface area contributed by atoms with Crippen LogP contribution in [0.25, 0.3) is 0 Å². The Morgan fingerprint density at radius 2 is 2.13 bits per heavy atom. The average Bonchev–Trinajstić information content (AvgIpc) is 2.51. The predicted octanol–water partition coefficient (Wildman–Crippen LogP) is 2.89. The van der Waals surface area contributed by atoms with Crippen LogP contribution in [-0.2, 0) is 11.3 Å². The lowest BCUT2D eigenvalue weighted by Gasteiger charge is -2.27. The van der Waals surface area contributed by atoms with Gasteiger partial charge < -0.3 is 20.1 Å². The van der Waals surface area contributed by atoms with Crippen molar-refractivity contribution in [3.8, 4) is 11.5 Å². The molecule has 5 nitrogen and oxygen atoms in total. The first kappa shape index (κ1) is 20.1. The number of benzene rings is 1. The molecule has 1 saturated heterocycles. The van der Waals surface area contributed by atoms with Gasteiger partial charge in [-0.3, -0.25) is 4.79 Å². The molecule has 2 atom stereocenters. The van der Waals surface area contributed by atoms with Crippen molar-refractivity contribution in [3.63, 3.8) is 0 Å². The van der Waals surface area contributed by atoms with E-state index in [0.29, 0.717) is 24.1 Å². The van der Waals surface area contributed by atoms with E-state index in [4.69, 9.17) is 9.47 Å². The lowest BCUT2D eigenvalue weighted by Crippen LogP contribution is -2.42. The second kappa shape index (κ2) is 9.35. The number of hydrogen-bond acceptors (Lipinski definition) is 4. The summed E-state index contributed by atoms with van der Waals surface area (Å²) in [4.78, 5) is 12.3. The second-order valence-corrected chi connectivity index (χ2v) is 6.46. The Balaban J connectivity index is 0.00000264. The molecule has 0 saturated carbocycles. The monoisotopic (exact) mass is 406 g/mol. The van der Waals surface area contributed by atoms with Crippen molar-refractivity contribution in [2.75, 3.05) is 20.8 Å². The molecule has 2 N–H and O–H groups in total. The molecule has 1 fully saturated rings. The van der Waals surface area contributed by atoms with Gasteiger partial charge in [0.25, 0.3) is 0 Å². The number of hydrogen-bond donors (Lipinski definition) is 2. The van der Waals surface area contributed by atoms with Crippen molar-refractivity contribution in [1.29, 1.82) is 0 Å². The minimum Gasteiger partial charge on any atom is -0.493 e. The van der Waals surface area contributed by atoms with Crippen LogP contribution >= 0.6 is 28.3 Å². The number of methoxy groups -OCH3 is 2. The zero-order chi connectivity index (χ0) is 16.1. The third kappa shape index (κ3) is 5.26. The highest BCUT2D eigenvalue weighted by Gasteiger charge is 2.24. The summed E-state index contributed by atoms with van der Waals surface area (Å²) >= 11 is 3.46. The van der Waals surface area contributed by atoms with Crippen LogP contribution in [0.2, 0.25) is 0 Å². The largest absolute Gasteiger partial charge is 0.493 e. The van der Waals surface area contributed by atoms with E-state index in [1.165, 1.54) is 0 Å². The molecule has 1 heterocycles. The summed E-state index contributed by atoms with van der Waals surface area (Å²) in [5.41, 5.74) is 0.972. The molecule has 23 heavy (non-hydrogen) atoms. The van der Waals surface area contributed by atoms with Crippen molar-refractivity contribution >= 4 is 34.2 Å². The molecule has 130 valence electrons. The van der Waals surface area contributed by atoms with Gasteiger partial charge in [0.05, 0.1) is 18.7 Å². The fraction of sp³-hybridized carbons (Fsp3) is 0.562. The fourth-order valence-corrected chi connectivity index (χ4v) is 3.43. The molecule has 0 unspecified atom stereocenters. The smallest absolute Gasteiger partial charge is 0.223 e. The Kier molecular flexibility index (Phi) is 8.16. The summed E-state index contributed by atoms with van der Waals surface area (Å²) in [5.74, 6) is 1.53. The summed E-state index contributed by atoms with van der Waals surface area (Å²) in [6.45, 7) is 3.50. The normalized spacial score (nSPS) is 20.3. The van der Waals surface area contributed by atoms with Gasteiger partial charge in [0, 0.05) is 18.5 Å². The van der Waals surface area contributed by atoms with Gasteiger partial charge in [0.2, 0.25) is 5.91 Å². The average molecular weight is 408 g/mol. The number of ether oxygens (including phenoxy) is 2. The lowest BCUT2D eigenvalue weighted by molar-refractivity contribution is -0.126. The minimum absolute atomic E-state index is 0. The predicted molar refractivity (Wildman–Crippen MR) is 96.5 cm³/mol. The first-order chi connectivity index (χ1) is 10.5. The van der Waals surface area contributed by atoms with Crippen LogP contribution in [0.1, 0.15) is 25.3 Å². The van der Waals surface area contributed by atoms with Crippen LogP contribution in [0.5, 0.6) is 11.5 Å². The van der Waals surface area contributed by atoms with Crippen LogP contribution < -0.4 is 20.1 Å². The number of rotatable bonds is 5. The topological polar surface area (TPSA) is 59.6 Å². The third-order valence-electron chi connectivity index (χ3n) is 3.95. The van der Waals surface area contributed by atoms with E-state index in [2.05, 4.69) is 33.5 Å². The molecule has 2 rings (SSSR count). The second-order valence-electron chi connectivity index (χ2n) is 5.61. The number of amides is 1. The molecule has 1 amide bonds. The summed E-state index contributed by atoms with van der Waals surface area (Å²) in [6, 6.07) is 4.22. The van der Waals surface area contributed by atoms with Crippen LogP contribution in [-0.4, -0.2) is 32.7 Å². The van der Waals surface area contributed by atoms with Gasteiger partial charge in [0.1, 0.15) is 0 Å². The highest BCUT2D eigenvalue weighted by Crippen LogP contribution is 2.36. The van der Waals surface area contributed by atoms with Crippen molar-refractivity contribution in [2.45, 2.75) is 32.4 Å². The van der Waals surface area contributed by atoms with E-state index in [1.807, 2.05) is 12.1 Å². The van der Waals surface area contributed by atoms with Crippen molar-refractivity contribution in [2.24, 2.45) is 5.92 Å². The van der Waals surface area contributed by atoms with Crippen LogP contribution in [0.3, 0.4) is 0 Å². The SMILES string of the molecule is COc1cc(CNC(=O)[C@H]2CCN[C@@H](C)C2)cc(Br)c1OC.Cl. The molecule has 0 aromatic heterocycles. The quantitative estimate of drug-likeness (QED) is 0.788. The number of nitrogens with one attached hydrogen (secondary N) is 2. The highest BCUT2D eigenvalue weighted by molar-refractivity contribution is 9.10. The lowest BCUT2D eigenvalue weighted by atomic mass is 9.92. The maximum atomic E-state index is 12.3. The maximum Gasteiger partial charge on any atom is 0.223 e. The summed E-state index contributed by atoms with van der Waals surface area (Å²) in [7, 11) is 3.20. The van der Waals surface area contributed by atoms with Gasteiger partial charge in [-0.05, 0) is 59.9 Å². The summed E-state index contributed by atoms with van der Waals surface area (Å²) in [6.07, 6.45) is 1.78. The van der Waals surface area contributed by atoms with Gasteiger partial charge in [-0.15, -0.1) is 12.4 Å². The third-order valence-corrected chi connectivity index (χ3v) is 4.54. The Morgan fingerprint density at radius 1 is 1.39 bits per heavy atom. The number of piperidine rings is 1. The van der Waals surface area contributed by atoms with Crippen molar-refractivity contribution in [3.05, 3.63) is 22.2 Å². The van der Waals surface area contributed by atoms with E-state index >= 15 is 0 Å². The van der Waals surface area contributed by atoms with Crippen LogP contribution in [0.4, 0.5) is 0 Å². The summed E-state index contributed by atoms with van der Waals surface area (Å²) in [5, 5.41) is 6.38. The molecule has 0 radical (unpaired) electrons. The van der Waals surface area contributed by atoms with Gasteiger partial charge in [-0.1, -0.05) is 0 Å². The van der Waals surface area contributed by atoms with Crippen molar-refractivity contribution in [1.82, 2.24) is 10.6 Å². The van der Waals surface area contributed by atoms with Gasteiger partial charge in [0.15, 0.2) is 11.5 Å². The molecule has 0 spiro atoms. The van der Waals surface area contributed by atoms with E-state index < -0.39 is 0 Å². The van der Waals surface area contributed by atoms with Gasteiger partial charge in [-0.2, -0.15) is 0 Å². The van der Waals surface area contributed by atoms with Crippen LogP contribution in [0.15, 0.2) is 16.6 Å². The maximum absolute atomic E-state index is 12.3. The van der Waals surface area contributed by atoms with E-state index in [0.717, 1.165) is 29.4 Å². The minimum atomic E-state index is 0. The summed E-state index contributed by atoms with van der Waals surface area (Å²) < 4.78 is 11.4. The van der Waals surface area contributed by atoms with E-state index in [9.17, 15) is 4.79 Å². The Bertz CT molecular complexity index is 542. The zero-order valence-corrected chi connectivity index (χ0v) is 16.1. The first-order valence-corrected chi connectivity index (χ1v) is 8.26. The van der Waals surface area contributed by atoms with Gasteiger partial charge in [-0.25, -0.2) is 0 Å². The van der Waals surface area contributed by atoms with Crippen molar-refractivity contribution < 1.29 is 14.3 Å². The Morgan fingerprint density at radius 3 is 2.74 bits per heavy atom. The van der Waals surface area contributed by atoms with Crippen LogP contribution in [0, 0.1) is 5.92 Å². The zero-order valence-electron chi connectivity index (χ0n) is 13.6. The number of carbonyl (C=O) groups excluding carboxylic acids is 1. The molecule has 1 aromatic rings. The molecule has 1 aliphatic heterocycles. The number of carbonyl (C=O) groups is 1. The van der Waals surface area contributed by atoms with Gasteiger partial charge >= 0.3 is 0 Å². The molecular formula is C16H24BrClN2O3. The molecule has 0 aliphatic carbocycles. The number of halogens is 2. The molecule has 1 aliphatic rings. The van der Waals surface area contributed by atoms with E-state index in [-0.39, 0.29) is 24.2 Å². The highest BCUT2D eigenvalue weighted by atomic mass is 79.9. The Labute approximate surface area is 152 Å². The molecule has 7 heteroatoms. The molecule has 1 aromatic carbocycles. The molecular weight excluding hydrogens is 384 g/mol. The molecule has 0 bridgehead atoms. The first-order valence-electron chi connectivity index (χ1n) is 7.46. The van der Waals surface area contributed by atoms with E-state index in [1.54, 1.807) is 14.2 Å². The fourth-order valence-electron chi connectivity index (χ4n) is 2.78.